The summed E-state index contributed by atoms with van der Waals surface area (Å²) < 4.78 is 5.89. The van der Waals surface area contributed by atoms with E-state index in [1.54, 1.807) is 30.5 Å². The minimum Gasteiger partial charge on any atom is -0.436 e. The highest BCUT2D eigenvalue weighted by Crippen LogP contribution is 2.28. The number of carbonyl (C=O) groups is 1. The van der Waals surface area contributed by atoms with Crippen molar-refractivity contribution in [1.82, 2.24) is 9.97 Å². The first kappa shape index (κ1) is 15.1. The molecule has 0 fully saturated rings. The molecule has 2 heterocycles. The standard InChI is InChI=1S/C20H15N3O2/c1-13-5-2-3-7-16(13)20-23-17-9-8-15(11-18(17)25-20)22-19(24)14-6-4-10-21-12-14/h2-12H,1H3,(H,22,24). The predicted octanol–water partition coefficient (Wildman–Crippen LogP) is 4.45. The zero-order valence-corrected chi connectivity index (χ0v) is 13.6. The molecule has 4 aromatic rings. The third-order valence-corrected chi connectivity index (χ3v) is 3.95. The van der Waals surface area contributed by atoms with Gasteiger partial charge in [-0.3, -0.25) is 9.78 Å². The first-order chi connectivity index (χ1) is 12.2. The van der Waals surface area contributed by atoms with Crippen LogP contribution < -0.4 is 5.32 Å². The molecular weight excluding hydrogens is 314 g/mol. The van der Waals surface area contributed by atoms with Gasteiger partial charge in [0.05, 0.1) is 5.56 Å². The van der Waals surface area contributed by atoms with Gasteiger partial charge in [0.25, 0.3) is 5.91 Å². The van der Waals surface area contributed by atoms with Gasteiger partial charge in [-0.1, -0.05) is 18.2 Å². The van der Waals surface area contributed by atoms with Crippen LogP contribution in [-0.2, 0) is 0 Å². The van der Waals surface area contributed by atoms with Crippen LogP contribution in [0.5, 0.6) is 0 Å². The highest BCUT2D eigenvalue weighted by atomic mass is 16.3. The Morgan fingerprint density at radius 2 is 1.96 bits per heavy atom. The molecule has 25 heavy (non-hydrogen) atoms. The van der Waals surface area contributed by atoms with E-state index >= 15 is 0 Å². The van der Waals surface area contributed by atoms with Crippen LogP contribution in [0, 0.1) is 6.92 Å². The number of rotatable bonds is 3. The lowest BCUT2D eigenvalue weighted by Crippen LogP contribution is -2.11. The van der Waals surface area contributed by atoms with Crippen LogP contribution in [-0.4, -0.2) is 15.9 Å². The van der Waals surface area contributed by atoms with Crippen LogP contribution in [0.3, 0.4) is 0 Å². The molecule has 1 amide bonds. The lowest BCUT2D eigenvalue weighted by molar-refractivity contribution is 0.102. The number of aryl methyl sites for hydroxylation is 1. The number of nitrogens with one attached hydrogen (secondary N) is 1. The van der Waals surface area contributed by atoms with E-state index in [1.807, 2.05) is 37.3 Å². The number of nitrogens with zero attached hydrogens (tertiary/aromatic N) is 2. The first-order valence-corrected chi connectivity index (χ1v) is 7.89. The summed E-state index contributed by atoms with van der Waals surface area (Å²) in [7, 11) is 0. The molecule has 0 bridgehead atoms. The van der Waals surface area contributed by atoms with E-state index in [1.165, 1.54) is 6.20 Å². The van der Waals surface area contributed by atoms with Gasteiger partial charge in [-0.25, -0.2) is 4.98 Å². The summed E-state index contributed by atoms with van der Waals surface area (Å²) in [5.41, 5.74) is 4.58. The van der Waals surface area contributed by atoms with E-state index in [2.05, 4.69) is 15.3 Å². The zero-order valence-electron chi connectivity index (χ0n) is 13.6. The minimum absolute atomic E-state index is 0.217. The van der Waals surface area contributed by atoms with Crippen molar-refractivity contribution in [3.8, 4) is 11.5 Å². The SMILES string of the molecule is Cc1ccccc1-c1nc2ccc(NC(=O)c3cccnc3)cc2o1. The highest BCUT2D eigenvalue weighted by Gasteiger charge is 2.12. The fraction of sp³-hybridized carbons (Fsp3) is 0.0500. The van der Waals surface area contributed by atoms with Crippen LogP contribution in [0.25, 0.3) is 22.6 Å². The number of anilines is 1. The maximum atomic E-state index is 12.2. The second-order valence-electron chi connectivity index (χ2n) is 5.71. The van der Waals surface area contributed by atoms with E-state index in [-0.39, 0.29) is 5.91 Å². The van der Waals surface area contributed by atoms with Crippen LogP contribution in [0.4, 0.5) is 5.69 Å². The molecule has 0 saturated heterocycles. The lowest BCUT2D eigenvalue weighted by atomic mass is 10.1. The second-order valence-corrected chi connectivity index (χ2v) is 5.71. The molecule has 5 heteroatoms. The van der Waals surface area contributed by atoms with E-state index in [0.717, 1.165) is 16.6 Å². The number of amides is 1. The van der Waals surface area contributed by atoms with Crippen molar-refractivity contribution in [3.05, 3.63) is 78.1 Å². The number of carbonyl (C=O) groups excluding carboxylic acids is 1. The fourth-order valence-electron chi connectivity index (χ4n) is 2.63. The average Bonchev–Trinajstić information content (AvgIpc) is 3.06. The predicted molar refractivity (Wildman–Crippen MR) is 96.4 cm³/mol. The van der Waals surface area contributed by atoms with E-state index in [9.17, 15) is 4.79 Å². The van der Waals surface area contributed by atoms with Crippen LogP contribution in [0.15, 0.2) is 71.4 Å². The molecule has 1 N–H and O–H groups in total. The Kier molecular flexibility index (Phi) is 3.74. The number of hydrogen-bond acceptors (Lipinski definition) is 4. The highest BCUT2D eigenvalue weighted by molar-refractivity contribution is 6.04. The van der Waals surface area contributed by atoms with Gasteiger partial charge < -0.3 is 9.73 Å². The largest absolute Gasteiger partial charge is 0.436 e. The molecule has 2 aromatic carbocycles. The molecule has 0 aliphatic carbocycles. The molecule has 122 valence electrons. The first-order valence-electron chi connectivity index (χ1n) is 7.89. The van der Waals surface area contributed by atoms with Gasteiger partial charge in [0, 0.05) is 29.7 Å². The van der Waals surface area contributed by atoms with Gasteiger partial charge in [-0.05, 0) is 42.8 Å². The maximum Gasteiger partial charge on any atom is 0.257 e. The molecule has 2 aromatic heterocycles. The van der Waals surface area contributed by atoms with E-state index < -0.39 is 0 Å². The summed E-state index contributed by atoms with van der Waals surface area (Å²) >= 11 is 0. The van der Waals surface area contributed by atoms with Crippen LogP contribution >= 0.6 is 0 Å². The number of pyridine rings is 1. The van der Waals surface area contributed by atoms with Gasteiger partial charge in [0.1, 0.15) is 5.52 Å². The van der Waals surface area contributed by atoms with Crippen molar-refractivity contribution >= 4 is 22.7 Å². The lowest BCUT2D eigenvalue weighted by Gasteiger charge is -2.04. The molecular formula is C20H15N3O2. The van der Waals surface area contributed by atoms with Crippen molar-refractivity contribution in [2.75, 3.05) is 5.32 Å². The zero-order chi connectivity index (χ0) is 17.2. The molecule has 0 atom stereocenters. The third kappa shape index (κ3) is 2.99. The summed E-state index contributed by atoms with van der Waals surface area (Å²) in [5.74, 6) is 0.356. The second kappa shape index (κ2) is 6.20. The van der Waals surface area contributed by atoms with Gasteiger partial charge >= 0.3 is 0 Å². The Bertz CT molecular complexity index is 1050. The molecule has 0 radical (unpaired) electrons. The molecule has 0 unspecified atom stereocenters. The van der Waals surface area contributed by atoms with Crippen molar-refractivity contribution in [3.63, 3.8) is 0 Å². The van der Waals surface area contributed by atoms with Crippen molar-refractivity contribution < 1.29 is 9.21 Å². The van der Waals surface area contributed by atoms with Crippen molar-refractivity contribution in [1.29, 1.82) is 0 Å². The molecule has 4 rings (SSSR count). The van der Waals surface area contributed by atoms with Crippen molar-refractivity contribution in [2.24, 2.45) is 0 Å². The number of fused-ring (bicyclic) bond motifs is 1. The third-order valence-electron chi connectivity index (χ3n) is 3.95. The summed E-state index contributed by atoms with van der Waals surface area (Å²) in [5, 5.41) is 2.84. The molecule has 0 aliphatic heterocycles. The monoisotopic (exact) mass is 329 g/mol. The molecule has 0 spiro atoms. The molecule has 5 nitrogen and oxygen atoms in total. The van der Waals surface area contributed by atoms with Crippen molar-refractivity contribution in [2.45, 2.75) is 6.92 Å². The Morgan fingerprint density at radius 1 is 1.08 bits per heavy atom. The Labute approximate surface area is 144 Å². The normalized spacial score (nSPS) is 10.8. The van der Waals surface area contributed by atoms with E-state index in [4.69, 9.17) is 4.42 Å². The van der Waals surface area contributed by atoms with Gasteiger partial charge in [0.15, 0.2) is 5.58 Å². The van der Waals surface area contributed by atoms with E-state index in [0.29, 0.717) is 22.7 Å². The number of benzene rings is 2. The van der Waals surface area contributed by atoms with Gasteiger partial charge in [-0.15, -0.1) is 0 Å². The van der Waals surface area contributed by atoms with Crippen LogP contribution in [0.1, 0.15) is 15.9 Å². The molecule has 0 aliphatic rings. The summed E-state index contributed by atoms with van der Waals surface area (Å²) in [6.45, 7) is 2.02. The van der Waals surface area contributed by atoms with Gasteiger partial charge in [-0.2, -0.15) is 0 Å². The number of hydrogen-bond donors (Lipinski definition) is 1. The minimum atomic E-state index is -0.217. The Morgan fingerprint density at radius 3 is 2.76 bits per heavy atom. The Balaban J connectivity index is 1.65. The number of aromatic nitrogens is 2. The topological polar surface area (TPSA) is 68.0 Å². The molecule has 0 saturated carbocycles. The summed E-state index contributed by atoms with van der Waals surface area (Å²) in [6, 6.07) is 16.8. The van der Waals surface area contributed by atoms with Gasteiger partial charge in [0.2, 0.25) is 5.89 Å². The average molecular weight is 329 g/mol. The summed E-state index contributed by atoms with van der Waals surface area (Å²) in [4.78, 5) is 20.7. The summed E-state index contributed by atoms with van der Waals surface area (Å²) in [6.07, 6.45) is 3.16. The Hall–Kier alpha value is -3.47. The smallest absolute Gasteiger partial charge is 0.257 e. The quantitative estimate of drug-likeness (QED) is 0.603. The maximum absolute atomic E-state index is 12.2. The fourth-order valence-corrected chi connectivity index (χ4v) is 2.63. The van der Waals surface area contributed by atoms with Crippen LogP contribution in [0.2, 0.25) is 0 Å². The number of oxazole rings is 1.